The Labute approximate surface area is 228 Å². The SMILES string of the molecule is CCNCC(C(N)OCC)S(=O)(=O)N1C[C@H](CNC(C)=O)Oc2ccc(NCc3c(F)cccc3Cl)cc21. The molecule has 210 valence electrons. The van der Waals surface area contributed by atoms with E-state index in [1.807, 2.05) is 6.92 Å². The summed E-state index contributed by atoms with van der Waals surface area (Å²) in [5.41, 5.74) is 7.28. The molecule has 3 rings (SSSR count). The van der Waals surface area contributed by atoms with Crippen molar-refractivity contribution in [1.29, 1.82) is 0 Å². The normalized spacial score (nSPS) is 16.8. The van der Waals surface area contributed by atoms with Crippen LogP contribution in [0, 0.1) is 5.82 Å². The number of halogens is 2. The minimum atomic E-state index is -4.08. The molecule has 0 aliphatic carbocycles. The van der Waals surface area contributed by atoms with E-state index in [-0.39, 0.29) is 49.3 Å². The second-order valence-electron chi connectivity index (χ2n) is 8.76. The van der Waals surface area contributed by atoms with Gasteiger partial charge in [0.05, 0.1) is 18.8 Å². The van der Waals surface area contributed by atoms with Gasteiger partial charge in [-0.3, -0.25) is 9.10 Å². The van der Waals surface area contributed by atoms with Gasteiger partial charge in [0.15, 0.2) is 0 Å². The molecule has 10 nitrogen and oxygen atoms in total. The Hall–Kier alpha value is -2.64. The molecule has 0 radical (unpaired) electrons. The second-order valence-corrected chi connectivity index (χ2v) is 11.2. The molecule has 0 saturated heterocycles. The number of nitrogens with one attached hydrogen (secondary N) is 3. The summed E-state index contributed by atoms with van der Waals surface area (Å²) in [6.07, 6.45) is -1.71. The fraction of sp³-hybridized carbons (Fsp3) is 0.480. The zero-order valence-corrected chi connectivity index (χ0v) is 23.2. The Morgan fingerprint density at radius 3 is 2.74 bits per heavy atom. The molecule has 2 aromatic carbocycles. The molecule has 0 spiro atoms. The fourth-order valence-electron chi connectivity index (χ4n) is 4.06. The quantitative estimate of drug-likeness (QED) is 0.269. The first kappa shape index (κ1) is 29.9. The van der Waals surface area contributed by atoms with Gasteiger partial charge in [-0.25, -0.2) is 12.8 Å². The van der Waals surface area contributed by atoms with E-state index in [2.05, 4.69) is 16.0 Å². The highest BCUT2D eigenvalue weighted by Gasteiger charge is 2.41. The van der Waals surface area contributed by atoms with Crippen molar-refractivity contribution >= 4 is 38.9 Å². The maximum absolute atomic E-state index is 14.3. The molecule has 1 aliphatic heterocycles. The predicted molar refractivity (Wildman–Crippen MR) is 146 cm³/mol. The van der Waals surface area contributed by atoms with E-state index in [1.165, 1.54) is 23.4 Å². The van der Waals surface area contributed by atoms with Gasteiger partial charge in [-0.05, 0) is 43.8 Å². The molecule has 13 heteroatoms. The number of carbonyl (C=O) groups is 1. The van der Waals surface area contributed by atoms with Crippen LogP contribution in [0.3, 0.4) is 0 Å². The first-order valence-corrected chi connectivity index (χ1v) is 14.3. The summed E-state index contributed by atoms with van der Waals surface area (Å²) >= 11 is 6.15. The molecule has 1 amide bonds. The summed E-state index contributed by atoms with van der Waals surface area (Å²) in [4.78, 5) is 11.5. The smallest absolute Gasteiger partial charge is 0.243 e. The summed E-state index contributed by atoms with van der Waals surface area (Å²) in [6.45, 7) is 5.99. The van der Waals surface area contributed by atoms with E-state index in [0.29, 0.717) is 23.7 Å². The molecule has 3 atom stereocenters. The van der Waals surface area contributed by atoms with Crippen LogP contribution in [0.25, 0.3) is 0 Å². The molecule has 0 aromatic heterocycles. The van der Waals surface area contributed by atoms with Crippen molar-refractivity contribution in [3.05, 3.63) is 52.8 Å². The number of nitrogens with zero attached hydrogens (tertiary/aromatic N) is 1. The lowest BCUT2D eigenvalue weighted by Gasteiger charge is -2.38. The number of sulfonamides is 1. The number of anilines is 2. The van der Waals surface area contributed by atoms with Crippen LogP contribution in [0.2, 0.25) is 5.02 Å². The molecule has 0 saturated carbocycles. The number of amides is 1. The zero-order chi connectivity index (χ0) is 27.9. The molecule has 38 heavy (non-hydrogen) atoms. The van der Waals surface area contributed by atoms with Crippen LogP contribution in [0.5, 0.6) is 5.75 Å². The van der Waals surface area contributed by atoms with E-state index in [1.54, 1.807) is 31.2 Å². The third kappa shape index (κ3) is 7.26. The topological polar surface area (TPSA) is 135 Å². The van der Waals surface area contributed by atoms with Crippen LogP contribution in [0.15, 0.2) is 36.4 Å². The molecule has 5 N–H and O–H groups in total. The van der Waals surface area contributed by atoms with Crippen LogP contribution < -0.4 is 30.7 Å². The number of hydrogen-bond donors (Lipinski definition) is 4. The van der Waals surface area contributed by atoms with E-state index in [0.717, 1.165) is 0 Å². The van der Waals surface area contributed by atoms with Crippen LogP contribution in [0.4, 0.5) is 15.8 Å². The van der Waals surface area contributed by atoms with E-state index in [9.17, 15) is 17.6 Å². The number of rotatable bonds is 13. The first-order valence-electron chi connectivity index (χ1n) is 12.4. The van der Waals surface area contributed by atoms with E-state index < -0.39 is 33.4 Å². The van der Waals surface area contributed by atoms with Gasteiger partial charge in [0.25, 0.3) is 0 Å². The monoisotopic (exact) mass is 571 g/mol. The van der Waals surface area contributed by atoms with Gasteiger partial charge in [0.2, 0.25) is 15.9 Å². The lowest BCUT2D eigenvalue weighted by Crippen LogP contribution is -2.57. The maximum atomic E-state index is 14.3. The zero-order valence-electron chi connectivity index (χ0n) is 21.7. The van der Waals surface area contributed by atoms with Crippen molar-refractivity contribution in [3.63, 3.8) is 0 Å². The highest BCUT2D eigenvalue weighted by atomic mass is 35.5. The van der Waals surface area contributed by atoms with Gasteiger partial charge in [-0.1, -0.05) is 24.6 Å². The molecular formula is C25H35ClFN5O5S. The largest absolute Gasteiger partial charge is 0.484 e. The van der Waals surface area contributed by atoms with Crippen LogP contribution in [-0.2, 0) is 26.1 Å². The Morgan fingerprint density at radius 1 is 1.32 bits per heavy atom. The molecule has 2 unspecified atom stereocenters. The second kappa shape index (κ2) is 13.4. The minimum absolute atomic E-state index is 0.0559. The van der Waals surface area contributed by atoms with Crippen molar-refractivity contribution in [2.24, 2.45) is 5.73 Å². The van der Waals surface area contributed by atoms with Crippen LogP contribution in [0.1, 0.15) is 26.3 Å². The van der Waals surface area contributed by atoms with Gasteiger partial charge in [-0.2, -0.15) is 0 Å². The summed E-state index contributed by atoms with van der Waals surface area (Å²) in [5, 5.41) is 8.02. The third-order valence-electron chi connectivity index (χ3n) is 6.01. The third-order valence-corrected chi connectivity index (χ3v) is 8.53. The van der Waals surface area contributed by atoms with Crippen LogP contribution in [-0.4, -0.2) is 64.7 Å². The number of benzene rings is 2. The van der Waals surface area contributed by atoms with E-state index in [4.69, 9.17) is 26.8 Å². The lowest BCUT2D eigenvalue weighted by molar-refractivity contribution is -0.119. The predicted octanol–water partition coefficient (Wildman–Crippen LogP) is 2.42. The molecule has 0 fully saturated rings. The van der Waals surface area contributed by atoms with Crippen molar-refractivity contribution in [2.75, 3.05) is 42.4 Å². The Bertz CT molecular complexity index is 1200. The van der Waals surface area contributed by atoms with Crippen LogP contribution >= 0.6 is 11.6 Å². The summed E-state index contributed by atoms with van der Waals surface area (Å²) in [6, 6.07) is 9.38. The van der Waals surface area contributed by atoms with Crippen molar-refractivity contribution < 1.29 is 27.1 Å². The van der Waals surface area contributed by atoms with Crippen molar-refractivity contribution in [1.82, 2.24) is 10.6 Å². The minimum Gasteiger partial charge on any atom is -0.484 e. The average Bonchev–Trinajstić information content (AvgIpc) is 2.87. The number of nitrogens with two attached hydrogens (primary N) is 1. The van der Waals surface area contributed by atoms with Gasteiger partial charge in [0.1, 0.15) is 29.1 Å². The van der Waals surface area contributed by atoms with E-state index >= 15 is 0 Å². The standard InChI is InChI=1S/C25H35ClFN5O5S/c1-4-29-14-24(25(28)36-5-2)38(34,35)32-15-18(12-30-16(3)33)37-23-10-9-17(11-22(23)32)31-13-19-20(26)7-6-8-21(19)27/h6-11,18,24-25,29,31H,4-5,12-15,28H2,1-3H3,(H,30,33)/t18-,24?,25?/m0/s1. The first-order chi connectivity index (χ1) is 18.1. The summed E-state index contributed by atoms with van der Waals surface area (Å²) in [7, 11) is -4.08. The molecule has 1 aliphatic rings. The number of ether oxygens (including phenoxy) is 2. The highest BCUT2D eigenvalue weighted by molar-refractivity contribution is 7.93. The Morgan fingerprint density at radius 2 is 2.08 bits per heavy atom. The van der Waals surface area contributed by atoms with Crippen molar-refractivity contribution in [3.8, 4) is 5.75 Å². The van der Waals surface area contributed by atoms with Gasteiger partial charge in [-0.15, -0.1) is 0 Å². The highest BCUT2D eigenvalue weighted by Crippen LogP contribution is 2.38. The van der Waals surface area contributed by atoms with Gasteiger partial charge < -0.3 is 31.2 Å². The van der Waals surface area contributed by atoms with Crippen molar-refractivity contribution in [2.45, 2.75) is 44.9 Å². The number of fused-ring (bicyclic) bond motifs is 1. The Balaban J connectivity index is 1.97. The maximum Gasteiger partial charge on any atom is 0.243 e. The number of carbonyl (C=O) groups excluding carboxylic acids is 1. The molecular weight excluding hydrogens is 537 g/mol. The fourth-order valence-corrected chi connectivity index (χ4v) is 6.15. The number of hydrogen-bond acceptors (Lipinski definition) is 8. The lowest BCUT2D eigenvalue weighted by atomic mass is 10.1. The average molecular weight is 572 g/mol. The summed E-state index contributed by atoms with van der Waals surface area (Å²) in [5.74, 6) is -0.395. The summed E-state index contributed by atoms with van der Waals surface area (Å²) < 4.78 is 55.1. The molecule has 1 heterocycles. The van der Waals surface area contributed by atoms with Gasteiger partial charge in [0, 0.05) is 42.9 Å². The molecule has 0 bridgehead atoms. The Kier molecular flexibility index (Phi) is 10.6. The van der Waals surface area contributed by atoms with Gasteiger partial charge >= 0.3 is 0 Å². The molecule has 2 aromatic rings.